The van der Waals surface area contributed by atoms with Crippen LogP contribution in [-0.2, 0) is 0 Å². The Morgan fingerprint density at radius 1 is 1.00 bits per heavy atom. The first-order valence-electron chi connectivity index (χ1n) is 9.40. The fraction of sp³-hybridized carbons (Fsp3) is 0.238. The molecular formula is C21H19N5O2. The number of hydrogen-bond donors (Lipinski definition) is 0. The van der Waals surface area contributed by atoms with Gasteiger partial charge in [0.25, 0.3) is 5.91 Å². The van der Waals surface area contributed by atoms with Gasteiger partial charge in [-0.3, -0.25) is 9.20 Å². The Kier molecular flexibility index (Phi) is 4.12. The van der Waals surface area contributed by atoms with Gasteiger partial charge in [0.15, 0.2) is 17.1 Å². The molecule has 1 amide bonds. The molecular weight excluding hydrogens is 354 g/mol. The second-order valence-electron chi connectivity index (χ2n) is 7.00. The molecule has 1 aromatic carbocycles. The van der Waals surface area contributed by atoms with Crippen LogP contribution in [0.5, 0.6) is 0 Å². The van der Waals surface area contributed by atoms with Gasteiger partial charge in [-0.05, 0) is 25.0 Å². The molecule has 4 aromatic rings. The van der Waals surface area contributed by atoms with Crippen molar-refractivity contribution in [2.75, 3.05) is 13.1 Å². The van der Waals surface area contributed by atoms with Gasteiger partial charge >= 0.3 is 0 Å². The standard InChI is InChI=1S/C21H19N5O2/c27-21(17-14-18(28-24-17)15-6-2-1-3-7-15)25-12-9-16(10-13-25)20-23-22-19-8-4-5-11-26(19)20/h1-8,11,14,16H,9-10,12-13H2. The molecule has 0 atom stereocenters. The third kappa shape index (κ3) is 2.94. The van der Waals surface area contributed by atoms with Crippen LogP contribution in [0.15, 0.2) is 65.3 Å². The molecule has 28 heavy (non-hydrogen) atoms. The van der Waals surface area contributed by atoms with Crippen LogP contribution < -0.4 is 0 Å². The van der Waals surface area contributed by atoms with Gasteiger partial charge in [-0.2, -0.15) is 0 Å². The Bertz CT molecular complexity index is 1110. The minimum absolute atomic E-state index is 0.0875. The van der Waals surface area contributed by atoms with Crippen LogP contribution in [0.25, 0.3) is 17.0 Å². The predicted molar refractivity (Wildman–Crippen MR) is 103 cm³/mol. The average molecular weight is 373 g/mol. The number of carbonyl (C=O) groups is 1. The lowest BCUT2D eigenvalue weighted by atomic mass is 9.95. The summed E-state index contributed by atoms with van der Waals surface area (Å²) in [5.41, 5.74) is 2.11. The molecule has 0 spiro atoms. The van der Waals surface area contributed by atoms with Gasteiger partial charge < -0.3 is 9.42 Å². The summed E-state index contributed by atoms with van der Waals surface area (Å²) in [5, 5.41) is 12.6. The highest BCUT2D eigenvalue weighted by molar-refractivity contribution is 5.93. The van der Waals surface area contributed by atoms with E-state index < -0.39 is 0 Å². The van der Waals surface area contributed by atoms with Crippen molar-refractivity contribution in [2.45, 2.75) is 18.8 Å². The van der Waals surface area contributed by atoms with Gasteiger partial charge in [0.2, 0.25) is 0 Å². The fourth-order valence-electron chi connectivity index (χ4n) is 3.76. The van der Waals surface area contributed by atoms with Gasteiger partial charge in [-0.1, -0.05) is 41.6 Å². The van der Waals surface area contributed by atoms with Crippen LogP contribution in [0.4, 0.5) is 0 Å². The van der Waals surface area contributed by atoms with Crippen molar-refractivity contribution < 1.29 is 9.32 Å². The molecule has 0 saturated carbocycles. The number of benzene rings is 1. The molecule has 1 fully saturated rings. The van der Waals surface area contributed by atoms with Crippen molar-refractivity contribution in [1.29, 1.82) is 0 Å². The van der Waals surface area contributed by atoms with Crippen molar-refractivity contribution in [2.24, 2.45) is 0 Å². The topological polar surface area (TPSA) is 76.5 Å². The number of rotatable bonds is 3. The maximum atomic E-state index is 12.8. The van der Waals surface area contributed by atoms with Crippen LogP contribution in [0.3, 0.4) is 0 Å². The number of likely N-dealkylation sites (tertiary alicyclic amines) is 1. The predicted octanol–water partition coefficient (Wildman–Crippen LogP) is 3.40. The monoisotopic (exact) mass is 373 g/mol. The minimum atomic E-state index is -0.0875. The third-order valence-corrected chi connectivity index (χ3v) is 5.27. The van der Waals surface area contributed by atoms with E-state index in [2.05, 4.69) is 15.4 Å². The average Bonchev–Trinajstić information content (AvgIpc) is 3.42. The zero-order valence-electron chi connectivity index (χ0n) is 15.2. The molecule has 1 aliphatic rings. The first-order valence-corrected chi connectivity index (χ1v) is 9.40. The third-order valence-electron chi connectivity index (χ3n) is 5.27. The summed E-state index contributed by atoms with van der Waals surface area (Å²) < 4.78 is 7.41. The van der Waals surface area contributed by atoms with Crippen molar-refractivity contribution in [3.05, 3.63) is 72.3 Å². The number of piperidine rings is 1. The molecule has 0 radical (unpaired) electrons. The smallest absolute Gasteiger partial charge is 0.276 e. The van der Waals surface area contributed by atoms with E-state index in [1.54, 1.807) is 6.07 Å². The summed E-state index contributed by atoms with van der Waals surface area (Å²) in [6.45, 7) is 1.33. The number of hydrogen-bond acceptors (Lipinski definition) is 5. The Morgan fingerprint density at radius 3 is 2.61 bits per heavy atom. The number of pyridine rings is 1. The Balaban J connectivity index is 1.28. The number of amides is 1. The summed E-state index contributed by atoms with van der Waals surface area (Å²) in [5.74, 6) is 1.78. The molecule has 0 unspecified atom stereocenters. The summed E-state index contributed by atoms with van der Waals surface area (Å²) in [4.78, 5) is 14.7. The van der Waals surface area contributed by atoms with E-state index in [1.807, 2.05) is 64.0 Å². The highest BCUT2D eigenvalue weighted by Crippen LogP contribution is 2.28. The number of nitrogens with zero attached hydrogens (tertiary/aromatic N) is 5. The van der Waals surface area contributed by atoms with E-state index in [-0.39, 0.29) is 5.91 Å². The summed E-state index contributed by atoms with van der Waals surface area (Å²) in [7, 11) is 0. The van der Waals surface area contributed by atoms with E-state index in [9.17, 15) is 4.79 Å². The second-order valence-corrected chi connectivity index (χ2v) is 7.00. The number of aromatic nitrogens is 4. The summed E-state index contributed by atoms with van der Waals surface area (Å²) in [6.07, 6.45) is 3.69. The molecule has 7 nitrogen and oxygen atoms in total. The van der Waals surface area contributed by atoms with E-state index in [4.69, 9.17) is 4.52 Å². The second kappa shape index (κ2) is 6.92. The lowest BCUT2D eigenvalue weighted by Crippen LogP contribution is -2.38. The Hall–Kier alpha value is -3.48. The van der Waals surface area contributed by atoms with Crippen molar-refractivity contribution in [3.63, 3.8) is 0 Å². The Labute approximate surface area is 161 Å². The van der Waals surface area contributed by atoms with E-state index in [0.29, 0.717) is 30.5 Å². The maximum absolute atomic E-state index is 12.8. The van der Waals surface area contributed by atoms with Crippen molar-refractivity contribution >= 4 is 11.6 Å². The van der Waals surface area contributed by atoms with Crippen LogP contribution in [0, 0.1) is 0 Å². The van der Waals surface area contributed by atoms with Crippen LogP contribution >= 0.6 is 0 Å². The maximum Gasteiger partial charge on any atom is 0.276 e. The molecule has 1 saturated heterocycles. The lowest BCUT2D eigenvalue weighted by molar-refractivity contribution is 0.0700. The summed E-state index contributed by atoms with van der Waals surface area (Å²) in [6, 6.07) is 17.3. The number of carbonyl (C=O) groups excluding carboxylic acids is 1. The zero-order valence-corrected chi connectivity index (χ0v) is 15.2. The molecule has 7 heteroatoms. The van der Waals surface area contributed by atoms with Gasteiger partial charge in [0, 0.05) is 36.8 Å². The van der Waals surface area contributed by atoms with Crippen LogP contribution in [0.2, 0.25) is 0 Å². The highest BCUT2D eigenvalue weighted by Gasteiger charge is 2.28. The molecule has 1 aliphatic heterocycles. The van der Waals surface area contributed by atoms with Crippen molar-refractivity contribution in [1.82, 2.24) is 24.7 Å². The molecule has 0 N–H and O–H groups in total. The van der Waals surface area contributed by atoms with E-state index in [1.165, 1.54) is 0 Å². The molecule has 5 rings (SSSR count). The first kappa shape index (κ1) is 16.7. The zero-order chi connectivity index (χ0) is 18.9. The highest BCUT2D eigenvalue weighted by atomic mass is 16.5. The summed E-state index contributed by atoms with van der Waals surface area (Å²) >= 11 is 0. The molecule has 4 heterocycles. The minimum Gasteiger partial charge on any atom is -0.355 e. The fourth-order valence-corrected chi connectivity index (χ4v) is 3.76. The van der Waals surface area contributed by atoms with Crippen molar-refractivity contribution in [3.8, 4) is 11.3 Å². The van der Waals surface area contributed by atoms with Crippen LogP contribution in [0.1, 0.15) is 35.1 Å². The molecule has 140 valence electrons. The largest absolute Gasteiger partial charge is 0.355 e. The van der Waals surface area contributed by atoms with Crippen LogP contribution in [-0.4, -0.2) is 43.7 Å². The first-order chi connectivity index (χ1) is 13.8. The van der Waals surface area contributed by atoms with Gasteiger partial charge in [0.05, 0.1) is 0 Å². The lowest BCUT2D eigenvalue weighted by Gasteiger charge is -2.30. The molecule has 0 aliphatic carbocycles. The van der Waals surface area contributed by atoms with Gasteiger partial charge in [-0.25, -0.2) is 0 Å². The van der Waals surface area contributed by atoms with Gasteiger partial charge in [-0.15, -0.1) is 10.2 Å². The molecule has 0 bridgehead atoms. The number of fused-ring (bicyclic) bond motifs is 1. The van der Waals surface area contributed by atoms with E-state index in [0.717, 1.165) is 29.9 Å². The normalized spacial score (nSPS) is 15.2. The quantitative estimate of drug-likeness (QED) is 0.550. The van der Waals surface area contributed by atoms with E-state index >= 15 is 0 Å². The Morgan fingerprint density at radius 2 is 1.79 bits per heavy atom. The molecule has 3 aromatic heterocycles. The van der Waals surface area contributed by atoms with Gasteiger partial charge in [0.1, 0.15) is 5.82 Å². The SMILES string of the molecule is O=C(c1cc(-c2ccccc2)on1)N1CCC(c2nnc3ccccn23)CC1.